The van der Waals surface area contributed by atoms with Gasteiger partial charge in [0, 0.05) is 36.5 Å². The maximum atomic E-state index is 15.8. The molecule has 6 rings (SSSR count). The van der Waals surface area contributed by atoms with E-state index in [0.29, 0.717) is 42.2 Å². The number of pyridine rings is 2. The standard InChI is InChI=1S/C39H41F2N5O3.C2H6/c1-5-7-25(6-2)38(47)42-28-10-13-30(31(40)20-28)34-21-36(44-35-19-27-23-45(3)16-14-26(27)18-32(35)41)37-33(43-34)15-17-46(39(37)48)22-24-8-11-29(49-4)12-9-24;1-2/h8-13,15,17-21,25H,5-7,14,16,22-23H2,1-4H3,(H,42,47)(H,43,44);1-2H3. The summed E-state index contributed by atoms with van der Waals surface area (Å²) in [5, 5.41) is 6.27. The van der Waals surface area contributed by atoms with Gasteiger partial charge < -0.3 is 24.8 Å². The van der Waals surface area contributed by atoms with Crippen molar-refractivity contribution in [3.8, 4) is 17.0 Å². The van der Waals surface area contributed by atoms with E-state index in [1.54, 1.807) is 54.3 Å². The van der Waals surface area contributed by atoms with E-state index in [0.717, 1.165) is 42.5 Å². The van der Waals surface area contributed by atoms with Crippen molar-refractivity contribution in [2.75, 3.05) is 31.3 Å². The molecule has 1 aliphatic heterocycles. The second-order valence-corrected chi connectivity index (χ2v) is 12.7. The van der Waals surface area contributed by atoms with Crippen LogP contribution in [0.25, 0.3) is 22.2 Å². The summed E-state index contributed by atoms with van der Waals surface area (Å²) in [6, 6.07) is 18.5. The van der Waals surface area contributed by atoms with E-state index in [4.69, 9.17) is 9.72 Å². The van der Waals surface area contributed by atoms with E-state index in [1.807, 2.05) is 59.0 Å². The Morgan fingerprint density at radius 3 is 2.41 bits per heavy atom. The number of benzene rings is 3. The smallest absolute Gasteiger partial charge is 0.262 e. The number of rotatable bonds is 11. The number of halogens is 2. The van der Waals surface area contributed by atoms with Crippen molar-refractivity contribution in [1.29, 1.82) is 0 Å². The molecule has 1 amide bonds. The van der Waals surface area contributed by atoms with Crippen molar-refractivity contribution in [2.45, 2.75) is 66.5 Å². The van der Waals surface area contributed by atoms with Crippen molar-refractivity contribution in [2.24, 2.45) is 5.92 Å². The third-order valence-electron chi connectivity index (χ3n) is 9.22. The summed E-state index contributed by atoms with van der Waals surface area (Å²) in [6.07, 6.45) is 4.72. The fraction of sp³-hybridized carbons (Fsp3) is 0.341. The van der Waals surface area contributed by atoms with Crippen molar-refractivity contribution in [3.63, 3.8) is 0 Å². The van der Waals surface area contributed by atoms with Crippen LogP contribution in [0.1, 0.15) is 63.6 Å². The van der Waals surface area contributed by atoms with Crippen LogP contribution in [0.3, 0.4) is 0 Å². The molecular weight excluding hydrogens is 648 g/mol. The summed E-state index contributed by atoms with van der Waals surface area (Å²) in [6.45, 7) is 9.80. The Morgan fingerprint density at radius 1 is 0.961 bits per heavy atom. The van der Waals surface area contributed by atoms with E-state index in [1.165, 1.54) is 6.07 Å². The lowest BCUT2D eigenvalue weighted by molar-refractivity contribution is -0.120. The van der Waals surface area contributed by atoms with Gasteiger partial charge in [0.25, 0.3) is 5.56 Å². The molecule has 0 saturated heterocycles. The van der Waals surface area contributed by atoms with Gasteiger partial charge in [-0.25, -0.2) is 13.8 Å². The second-order valence-electron chi connectivity index (χ2n) is 12.7. The van der Waals surface area contributed by atoms with Crippen LogP contribution in [-0.4, -0.2) is 41.1 Å². The van der Waals surface area contributed by atoms with Crippen LogP contribution in [0.4, 0.5) is 25.8 Å². The van der Waals surface area contributed by atoms with Gasteiger partial charge in [-0.1, -0.05) is 46.2 Å². The van der Waals surface area contributed by atoms with Crippen LogP contribution in [0.2, 0.25) is 0 Å². The molecule has 8 nitrogen and oxygen atoms in total. The van der Waals surface area contributed by atoms with Gasteiger partial charge in [-0.2, -0.15) is 0 Å². The number of hydrogen-bond donors (Lipinski definition) is 2. The molecule has 3 heterocycles. The molecule has 1 atom stereocenters. The van der Waals surface area contributed by atoms with Crippen LogP contribution in [0.5, 0.6) is 5.75 Å². The predicted octanol–water partition coefficient (Wildman–Crippen LogP) is 8.92. The number of fused-ring (bicyclic) bond motifs is 2. The average molecular weight is 696 g/mol. The molecule has 0 spiro atoms. The van der Waals surface area contributed by atoms with Gasteiger partial charge in [-0.3, -0.25) is 9.59 Å². The number of anilines is 3. The maximum absolute atomic E-state index is 15.8. The minimum atomic E-state index is -0.588. The normalized spacial score (nSPS) is 13.2. The summed E-state index contributed by atoms with van der Waals surface area (Å²) in [5.74, 6) is -0.614. The van der Waals surface area contributed by atoms with Crippen molar-refractivity contribution in [3.05, 3.63) is 112 Å². The number of amides is 1. The maximum Gasteiger partial charge on any atom is 0.262 e. The van der Waals surface area contributed by atoms with E-state index in [9.17, 15) is 9.59 Å². The summed E-state index contributed by atoms with van der Waals surface area (Å²) in [5.41, 5.74) is 4.15. The molecule has 1 unspecified atom stereocenters. The Balaban J connectivity index is 0.00000248. The van der Waals surface area contributed by atoms with E-state index >= 15 is 8.78 Å². The molecule has 51 heavy (non-hydrogen) atoms. The van der Waals surface area contributed by atoms with Crippen LogP contribution in [-0.2, 0) is 24.3 Å². The van der Waals surface area contributed by atoms with E-state index < -0.39 is 11.6 Å². The van der Waals surface area contributed by atoms with Gasteiger partial charge in [0.05, 0.1) is 41.6 Å². The number of methoxy groups -OCH3 is 1. The molecule has 3 aromatic carbocycles. The third kappa shape index (κ3) is 8.45. The predicted molar refractivity (Wildman–Crippen MR) is 202 cm³/mol. The minimum absolute atomic E-state index is 0.143. The minimum Gasteiger partial charge on any atom is -0.497 e. The summed E-state index contributed by atoms with van der Waals surface area (Å²) in [7, 11) is 3.61. The highest BCUT2D eigenvalue weighted by molar-refractivity contribution is 5.95. The second kappa shape index (κ2) is 16.7. The molecule has 0 radical (unpaired) electrons. The lowest BCUT2D eigenvalue weighted by Gasteiger charge is -2.26. The monoisotopic (exact) mass is 695 g/mol. The zero-order valence-corrected chi connectivity index (χ0v) is 30.3. The first-order chi connectivity index (χ1) is 24.7. The lowest BCUT2D eigenvalue weighted by atomic mass is 9.99. The molecular formula is C41H47F2N5O3. The fourth-order valence-corrected chi connectivity index (χ4v) is 6.45. The molecule has 1 aliphatic rings. The van der Waals surface area contributed by atoms with Gasteiger partial charge in [0.15, 0.2) is 0 Å². The first-order valence-electron chi connectivity index (χ1n) is 17.7. The van der Waals surface area contributed by atoms with Gasteiger partial charge in [-0.15, -0.1) is 0 Å². The highest BCUT2D eigenvalue weighted by Gasteiger charge is 2.21. The highest BCUT2D eigenvalue weighted by atomic mass is 19.1. The van der Waals surface area contributed by atoms with Crippen LogP contribution >= 0.6 is 0 Å². The molecule has 0 aliphatic carbocycles. The first kappa shape index (κ1) is 37.2. The number of likely N-dealkylation sites (N-methyl/N-ethyl adjacent to an activating group) is 1. The number of nitrogens with zero attached hydrogens (tertiary/aromatic N) is 3. The Kier molecular flexibility index (Phi) is 12.2. The lowest BCUT2D eigenvalue weighted by Crippen LogP contribution is -2.26. The number of nitrogens with one attached hydrogen (secondary N) is 2. The largest absolute Gasteiger partial charge is 0.497 e. The van der Waals surface area contributed by atoms with Crippen LogP contribution < -0.4 is 20.9 Å². The van der Waals surface area contributed by atoms with Gasteiger partial charge >= 0.3 is 0 Å². The Bertz CT molecular complexity index is 2060. The quantitative estimate of drug-likeness (QED) is 0.144. The Hall–Kier alpha value is -5.09. The van der Waals surface area contributed by atoms with Crippen LogP contribution in [0.15, 0.2) is 77.7 Å². The van der Waals surface area contributed by atoms with Gasteiger partial charge in [0.2, 0.25) is 5.91 Å². The molecule has 2 N–H and O–H groups in total. The van der Waals surface area contributed by atoms with Crippen LogP contribution in [0, 0.1) is 17.6 Å². The zero-order valence-electron chi connectivity index (χ0n) is 30.3. The number of ether oxygens (including phenoxy) is 1. The number of aromatic nitrogens is 2. The van der Waals surface area contributed by atoms with E-state index in [2.05, 4.69) is 15.5 Å². The van der Waals surface area contributed by atoms with Crippen molar-refractivity contribution >= 4 is 33.9 Å². The summed E-state index contributed by atoms with van der Waals surface area (Å²) < 4.78 is 38.2. The number of hydrogen-bond acceptors (Lipinski definition) is 6. The van der Waals surface area contributed by atoms with Gasteiger partial charge in [-0.05, 0) is 97.6 Å². The molecule has 0 fully saturated rings. The molecule has 0 saturated carbocycles. The summed E-state index contributed by atoms with van der Waals surface area (Å²) in [4.78, 5) is 33.7. The summed E-state index contributed by atoms with van der Waals surface area (Å²) >= 11 is 0. The molecule has 2 aromatic heterocycles. The number of carbonyl (C=O) groups excluding carboxylic acids is 1. The molecule has 5 aromatic rings. The topological polar surface area (TPSA) is 88.5 Å². The van der Waals surface area contributed by atoms with Crippen molar-refractivity contribution in [1.82, 2.24) is 14.5 Å². The SMILES string of the molecule is CC.CCCC(CC)C(=O)Nc1ccc(-c2cc(Nc3cc4c(cc3F)CCN(C)C4)c3c(=O)n(Cc4ccc(OC)cc4)ccc3n2)c(F)c1. The first-order valence-corrected chi connectivity index (χ1v) is 17.7. The molecule has 10 heteroatoms. The Labute approximate surface area is 298 Å². The van der Waals surface area contributed by atoms with Gasteiger partial charge in [0.1, 0.15) is 17.4 Å². The van der Waals surface area contributed by atoms with E-state index in [-0.39, 0.29) is 39.7 Å². The fourth-order valence-electron chi connectivity index (χ4n) is 6.45. The molecule has 268 valence electrons. The highest BCUT2D eigenvalue weighted by Crippen LogP contribution is 2.34. The average Bonchev–Trinajstić information content (AvgIpc) is 3.13. The van der Waals surface area contributed by atoms with Crippen molar-refractivity contribution < 1.29 is 18.3 Å². The third-order valence-corrected chi connectivity index (χ3v) is 9.22. The Morgan fingerprint density at radius 2 is 1.73 bits per heavy atom. The molecule has 0 bridgehead atoms. The number of carbonyl (C=O) groups is 1. The zero-order chi connectivity index (χ0) is 36.7.